The molecule has 2 aromatic carbocycles. The van der Waals surface area contributed by atoms with Crippen LogP contribution in [0.1, 0.15) is 0 Å². The van der Waals surface area contributed by atoms with Gasteiger partial charge >= 0.3 is 5.51 Å². The molecule has 1 radical (unpaired) electrons. The molecule has 1 nitrogen and oxygen atoms in total. The van der Waals surface area contributed by atoms with Crippen LogP contribution in [0.4, 0.5) is 13.2 Å². The molecule has 0 bridgehead atoms. The van der Waals surface area contributed by atoms with Crippen molar-refractivity contribution in [3.8, 4) is 11.5 Å². The lowest BCUT2D eigenvalue weighted by Gasteiger charge is -2.08. The predicted octanol–water partition coefficient (Wildman–Crippen LogP) is 5.54. The van der Waals surface area contributed by atoms with E-state index in [9.17, 15) is 13.2 Å². The van der Waals surface area contributed by atoms with Crippen molar-refractivity contribution in [1.29, 1.82) is 0 Å². The molecule has 0 aromatic heterocycles. The van der Waals surface area contributed by atoms with E-state index < -0.39 is 5.51 Å². The molecule has 0 aliphatic carbocycles. The van der Waals surface area contributed by atoms with Crippen molar-refractivity contribution >= 4 is 23.4 Å². The Morgan fingerprint density at radius 2 is 1.74 bits per heavy atom. The average Bonchev–Trinajstić information content (AvgIpc) is 2.30. The second-order valence-electron chi connectivity index (χ2n) is 3.49. The lowest BCUT2D eigenvalue weighted by molar-refractivity contribution is -0.0328. The van der Waals surface area contributed by atoms with E-state index in [2.05, 4.69) is 6.07 Å². The van der Waals surface area contributed by atoms with E-state index >= 15 is 0 Å². The van der Waals surface area contributed by atoms with E-state index in [1.807, 2.05) is 0 Å². The molecule has 0 aliphatic rings. The Balaban J connectivity index is 2.07. The fourth-order valence-corrected chi connectivity index (χ4v) is 2.04. The minimum atomic E-state index is -4.29. The second kappa shape index (κ2) is 5.75. The van der Waals surface area contributed by atoms with Gasteiger partial charge in [0, 0.05) is 17.0 Å². The minimum Gasteiger partial charge on any atom is -0.457 e. The molecule has 0 fully saturated rings. The minimum absolute atomic E-state index is 0.110. The summed E-state index contributed by atoms with van der Waals surface area (Å²) in [5, 5.41) is 0.404. The highest BCUT2D eigenvalue weighted by atomic mass is 35.5. The van der Waals surface area contributed by atoms with Gasteiger partial charge in [0.05, 0.1) is 5.02 Å². The first-order valence-corrected chi connectivity index (χ1v) is 6.33. The molecule has 0 atom stereocenters. The molecule has 0 spiro atoms. The van der Waals surface area contributed by atoms with Gasteiger partial charge in [-0.05, 0) is 48.2 Å². The third-order valence-electron chi connectivity index (χ3n) is 2.03. The first kappa shape index (κ1) is 14.1. The van der Waals surface area contributed by atoms with Crippen LogP contribution in [0.2, 0.25) is 5.02 Å². The summed E-state index contributed by atoms with van der Waals surface area (Å²) < 4.78 is 41.9. The van der Waals surface area contributed by atoms with Crippen LogP contribution < -0.4 is 4.74 Å². The number of hydrogen-bond donors (Lipinski definition) is 0. The summed E-state index contributed by atoms with van der Waals surface area (Å²) in [6.45, 7) is 0. The number of thioether (sulfide) groups is 1. The van der Waals surface area contributed by atoms with Gasteiger partial charge in [-0.25, -0.2) is 0 Å². The van der Waals surface area contributed by atoms with Gasteiger partial charge < -0.3 is 4.74 Å². The van der Waals surface area contributed by atoms with Crippen molar-refractivity contribution in [2.45, 2.75) is 10.4 Å². The van der Waals surface area contributed by atoms with E-state index in [-0.39, 0.29) is 16.7 Å². The van der Waals surface area contributed by atoms with Crippen molar-refractivity contribution in [2.75, 3.05) is 0 Å². The number of benzene rings is 2. The molecule has 2 aromatic rings. The normalized spacial score (nSPS) is 11.4. The van der Waals surface area contributed by atoms with E-state index in [0.29, 0.717) is 16.5 Å². The summed E-state index contributed by atoms with van der Waals surface area (Å²) in [5.74, 6) is 0.939. The van der Waals surface area contributed by atoms with Crippen LogP contribution in [-0.4, -0.2) is 5.51 Å². The van der Waals surface area contributed by atoms with Gasteiger partial charge in [-0.2, -0.15) is 13.2 Å². The lowest BCUT2D eigenvalue weighted by atomic mass is 10.3. The fraction of sp³-hybridized carbons (Fsp3) is 0.0769. The Hall–Kier alpha value is -1.33. The molecule has 19 heavy (non-hydrogen) atoms. The van der Waals surface area contributed by atoms with Gasteiger partial charge in [0.1, 0.15) is 11.5 Å². The van der Waals surface area contributed by atoms with Crippen molar-refractivity contribution in [3.63, 3.8) is 0 Å². The molecule has 0 saturated carbocycles. The Kier molecular flexibility index (Phi) is 4.27. The summed E-state index contributed by atoms with van der Waals surface area (Å²) in [6, 6.07) is 13.2. The number of hydrogen-bond acceptors (Lipinski definition) is 2. The van der Waals surface area contributed by atoms with E-state index in [4.69, 9.17) is 16.3 Å². The Bertz CT molecular complexity index is 555. The summed E-state index contributed by atoms with van der Waals surface area (Å²) in [7, 11) is 0. The Morgan fingerprint density at radius 3 is 2.32 bits per heavy atom. The van der Waals surface area contributed by atoms with Gasteiger partial charge in [-0.3, -0.25) is 0 Å². The quantitative estimate of drug-likeness (QED) is 0.688. The predicted molar refractivity (Wildman–Crippen MR) is 68.7 cm³/mol. The van der Waals surface area contributed by atoms with Crippen LogP contribution in [0.5, 0.6) is 11.5 Å². The van der Waals surface area contributed by atoms with E-state index in [1.165, 1.54) is 24.3 Å². The number of rotatable bonds is 3. The average molecular weight is 304 g/mol. The zero-order valence-corrected chi connectivity index (χ0v) is 10.9. The van der Waals surface area contributed by atoms with Crippen molar-refractivity contribution < 1.29 is 17.9 Å². The molecule has 2 rings (SSSR count). The standard InChI is InChI=1S/C13H7ClF3OS/c14-9-2-1-3-11(8-9)18-10-4-6-12(7-5-10)19-13(15,16)17/h1,3-8H. The molecule has 0 amide bonds. The summed E-state index contributed by atoms with van der Waals surface area (Å²) in [4.78, 5) is 0.110. The molecule has 6 heteroatoms. The molecular formula is C13H7ClF3OS. The summed E-state index contributed by atoms with van der Waals surface area (Å²) in [5.41, 5.74) is -4.29. The Labute approximate surface area is 117 Å². The van der Waals surface area contributed by atoms with Crippen LogP contribution in [0, 0.1) is 6.07 Å². The van der Waals surface area contributed by atoms with Crippen molar-refractivity contribution in [2.24, 2.45) is 0 Å². The highest BCUT2D eigenvalue weighted by molar-refractivity contribution is 8.00. The number of alkyl halides is 3. The molecule has 0 heterocycles. The second-order valence-corrected chi connectivity index (χ2v) is 5.04. The smallest absolute Gasteiger partial charge is 0.446 e. The largest absolute Gasteiger partial charge is 0.457 e. The van der Waals surface area contributed by atoms with Crippen LogP contribution in [0.25, 0.3) is 0 Å². The summed E-state index contributed by atoms with van der Waals surface area (Å²) >= 11 is 5.58. The van der Waals surface area contributed by atoms with Gasteiger partial charge in [-0.15, -0.1) is 0 Å². The van der Waals surface area contributed by atoms with E-state index in [1.54, 1.807) is 18.2 Å². The molecule has 0 N–H and O–H groups in total. The van der Waals surface area contributed by atoms with Crippen LogP contribution in [-0.2, 0) is 0 Å². The number of halogens is 4. The van der Waals surface area contributed by atoms with Crippen molar-refractivity contribution in [3.05, 3.63) is 53.6 Å². The Morgan fingerprint density at radius 1 is 1.05 bits per heavy atom. The first-order valence-electron chi connectivity index (χ1n) is 5.13. The van der Waals surface area contributed by atoms with Crippen LogP contribution in [0.3, 0.4) is 0 Å². The first-order chi connectivity index (χ1) is 8.92. The fourth-order valence-electron chi connectivity index (χ4n) is 1.33. The lowest BCUT2D eigenvalue weighted by Crippen LogP contribution is -1.98. The third-order valence-corrected chi connectivity index (χ3v) is 2.99. The van der Waals surface area contributed by atoms with Gasteiger partial charge in [-0.1, -0.05) is 11.6 Å². The van der Waals surface area contributed by atoms with Gasteiger partial charge in [0.15, 0.2) is 0 Å². The van der Waals surface area contributed by atoms with Crippen molar-refractivity contribution in [1.82, 2.24) is 0 Å². The van der Waals surface area contributed by atoms with Gasteiger partial charge in [0.2, 0.25) is 0 Å². The zero-order chi connectivity index (χ0) is 13.9. The molecular weight excluding hydrogens is 297 g/mol. The third kappa shape index (κ3) is 4.69. The highest BCUT2D eigenvalue weighted by Crippen LogP contribution is 2.37. The maximum atomic E-state index is 12.1. The highest BCUT2D eigenvalue weighted by Gasteiger charge is 2.29. The van der Waals surface area contributed by atoms with Crippen LogP contribution in [0.15, 0.2) is 47.4 Å². The monoisotopic (exact) mass is 303 g/mol. The number of ether oxygens (including phenoxy) is 1. The maximum absolute atomic E-state index is 12.1. The molecule has 0 aliphatic heterocycles. The van der Waals surface area contributed by atoms with E-state index in [0.717, 1.165) is 0 Å². The topological polar surface area (TPSA) is 9.23 Å². The van der Waals surface area contributed by atoms with Crippen LogP contribution >= 0.6 is 23.4 Å². The van der Waals surface area contributed by atoms with Gasteiger partial charge in [0.25, 0.3) is 0 Å². The summed E-state index contributed by atoms with van der Waals surface area (Å²) in [6.07, 6.45) is 0. The SMILES string of the molecule is FC(F)(F)Sc1ccc(Oc2cc[c]c(Cl)c2)cc1. The maximum Gasteiger partial charge on any atom is 0.446 e. The molecule has 99 valence electrons. The molecule has 0 saturated heterocycles. The molecule has 0 unspecified atom stereocenters. The zero-order valence-electron chi connectivity index (χ0n) is 9.37.